The predicted molar refractivity (Wildman–Crippen MR) is 57.2 cm³/mol. The van der Waals surface area contributed by atoms with E-state index in [-0.39, 0.29) is 0 Å². The summed E-state index contributed by atoms with van der Waals surface area (Å²) in [5.41, 5.74) is 0. The fraction of sp³-hybridized carbons (Fsp3) is 0.818. The summed E-state index contributed by atoms with van der Waals surface area (Å²) in [5.74, 6) is -0.401. The average molecular weight is 199 g/mol. The summed E-state index contributed by atoms with van der Waals surface area (Å²) in [6.07, 6.45) is 5.29. The molecule has 3 nitrogen and oxygen atoms in total. The zero-order valence-corrected chi connectivity index (χ0v) is 9.38. The first kappa shape index (κ1) is 11.7. The van der Waals surface area contributed by atoms with E-state index >= 15 is 0 Å². The third-order valence-electron chi connectivity index (χ3n) is 2.24. The van der Waals surface area contributed by atoms with Crippen molar-refractivity contribution in [2.24, 2.45) is 0 Å². The van der Waals surface area contributed by atoms with Gasteiger partial charge < -0.3 is 14.8 Å². The quantitative estimate of drug-likeness (QED) is 0.552. The van der Waals surface area contributed by atoms with Gasteiger partial charge in [0.25, 0.3) is 0 Å². The molecule has 1 fully saturated rings. The second-order valence-electron chi connectivity index (χ2n) is 4.03. The van der Waals surface area contributed by atoms with E-state index in [2.05, 4.69) is 17.5 Å². The predicted octanol–water partition coefficient (Wildman–Crippen LogP) is 1.69. The molecule has 1 N–H and O–H groups in total. The normalized spacial score (nSPS) is 23.1. The number of hydrogen-bond donors (Lipinski definition) is 1. The van der Waals surface area contributed by atoms with Crippen LogP contribution in [0.5, 0.6) is 0 Å². The Bertz CT molecular complexity index is 180. The van der Waals surface area contributed by atoms with Crippen molar-refractivity contribution in [2.45, 2.75) is 39.0 Å². The lowest BCUT2D eigenvalue weighted by Crippen LogP contribution is -2.48. The summed E-state index contributed by atoms with van der Waals surface area (Å²) in [6, 6.07) is 0.341. The van der Waals surface area contributed by atoms with Crippen molar-refractivity contribution >= 4 is 0 Å². The van der Waals surface area contributed by atoms with Crippen LogP contribution in [-0.4, -0.2) is 31.6 Å². The molecular weight excluding hydrogens is 178 g/mol. The summed E-state index contributed by atoms with van der Waals surface area (Å²) in [4.78, 5) is 0. The summed E-state index contributed by atoms with van der Waals surface area (Å²) < 4.78 is 11.1. The van der Waals surface area contributed by atoms with Gasteiger partial charge in [0.05, 0.1) is 19.3 Å². The van der Waals surface area contributed by atoms with Gasteiger partial charge in [-0.05, 0) is 33.7 Å². The Morgan fingerprint density at radius 1 is 1.36 bits per heavy atom. The minimum absolute atomic E-state index is 0.341. The summed E-state index contributed by atoms with van der Waals surface area (Å²) in [5, 5.41) is 3.39. The summed E-state index contributed by atoms with van der Waals surface area (Å²) >= 11 is 0. The van der Waals surface area contributed by atoms with Crippen molar-refractivity contribution in [1.82, 2.24) is 5.32 Å². The maximum absolute atomic E-state index is 5.53. The maximum Gasteiger partial charge on any atom is 0.162 e. The van der Waals surface area contributed by atoms with Gasteiger partial charge in [0, 0.05) is 0 Å². The third kappa shape index (κ3) is 4.22. The molecule has 0 aromatic carbocycles. The molecule has 0 spiro atoms. The fourth-order valence-corrected chi connectivity index (χ4v) is 1.35. The number of allylic oxidation sites excluding steroid dienone is 1. The zero-order valence-electron chi connectivity index (χ0n) is 9.38. The van der Waals surface area contributed by atoms with E-state index in [1.165, 1.54) is 0 Å². The molecule has 1 saturated heterocycles. The third-order valence-corrected chi connectivity index (χ3v) is 2.24. The first-order valence-electron chi connectivity index (χ1n) is 5.26. The molecule has 0 aromatic heterocycles. The molecule has 0 aromatic rings. The van der Waals surface area contributed by atoms with Crippen LogP contribution in [0.15, 0.2) is 12.2 Å². The highest BCUT2D eigenvalue weighted by Gasteiger charge is 2.27. The number of nitrogens with one attached hydrogen (secondary N) is 1. The minimum Gasteiger partial charge on any atom is -0.349 e. The number of hydrogen-bond acceptors (Lipinski definition) is 3. The second-order valence-corrected chi connectivity index (χ2v) is 4.03. The maximum atomic E-state index is 5.53. The Hall–Kier alpha value is -0.380. The molecule has 1 rings (SSSR count). The average Bonchev–Trinajstić information content (AvgIpc) is 2.15. The van der Waals surface area contributed by atoms with Gasteiger partial charge in [-0.2, -0.15) is 0 Å². The van der Waals surface area contributed by atoms with Crippen LogP contribution in [0.2, 0.25) is 0 Å². The van der Waals surface area contributed by atoms with Crippen LogP contribution < -0.4 is 5.32 Å². The lowest BCUT2D eigenvalue weighted by atomic mass is 10.2. The van der Waals surface area contributed by atoms with Crippen LogP contribution in [-0.2, 0) is 9.47 Å². The standard InChI is InChI=1S/C11H21NO2/c1-4-5-6-7-12-10-8-13-11(2,3)14-9-10/h4-5,10,12H,6-9H2,1-3H3/b5-4+. The van der Waals surface area contributed by atoms with Crippen LogP contribution >= 0.6 is 0 Å². The first-order valence-corrected chi connectivity index (χ1v) is 5.26. The molecule has 3 heteroatoms. The van der Waals surface area contributed by atoms with E-state index in [1.54, 1.807) is 0 Å². The monoisotopic (exact) mass is 199 g/mol. The number of ether oxygens (including phenoxy) is 2. The van der Waals surface area contributed by atoms with Crippen LogP contribution in [0, 0.1) is 0 Å². The summed E-state index contributed by atoms with van der Waals surface area (Å²) in [7, 11) is 0. The SMILES string of the molecule is C/C=C/CCNC1COC(C)(C)OC1. The van der Waals surface area contributed by atoms with Gasteiger partial charge in [0.15, 0.2) is 5.79 Å². The largest absolute Gasteiger partial charge is 0.349 e. The minimum atomic E-state index is -0.401. The molecule has 0 saturated carbocycles. The lowest BCUT2D eigenvalue weighted by Gasteiger charge is -2.35. The van der Waals surface area contributed by atoms with E-state index < -0.39 is 5.79 Å². The molecule has 1 heterocycles. The van der Waals surface area contributed by atoms with Gasteiger partial charge in [-0.15, -0.1) is 0 Å². The van der Waals surface area contributed by atoms with Crippen molar-refractivity contribution in [3.05, 3.63) is 12.2 Å². The Labute approximate surface area is 86.5 Å². The highest BCUT2D eigenvalue weighted by molar-refractivity contribution is 4.79. The zero-order chi connectivity index (χ0) is 10.4. The van der Waals surface area contributed by atoms with Crippen molar-refractivity contribution in [3.63, 3.8) is 0 Å². The lowest BCUT2D eigenvalue weighted by molar-refractivity contribution is -0.252. The molecule has 0 bridgehead atoms. The van der Waals surface area contributed by atoms with Crippen LogP contribution in [0.3, 0.4) is 0 Å². The van der Waals surface area contributed by atoms with E-state index in [4.69, 9.17) is 9.47 Å². The van der Waals surface area contributed by atoms with Crippen LogP contribution in [0.4, 0.5) is 0 Å². The molecule has 1 aliphatic rings. The Morgan fingerprint density at radius 2 is 2.00 bits per heavy atom. The highest BCUT2D eigenvalue weighted by atomic mass is 16.7. The van der Waals surface area contributed by atoms with Gasteiger partial charge >= 0.3 is 0 Å². The van der Waals surface area contributed by atoms with Gasteiger partial charge in [0.1, 0.15) is 0 Å². The van der Waals surface area contributed by atoms with Gasteiger partial charge in [-0.1, -0.05) is 12.2 Å². The molecular formula is C11H21NO2. The molecule has 0 aliphatic carbocycles. The molecule has 0 unspecified atom stereocenters. The Morgan fingerprint density at radius 3 is 2.57 bits per heavy atom. The molecule has 1 aliphatic heterocycles. The molecule has 0 atom stereocenters. The molecule has 82 valence electrons. The van der Waals surface area contributed by atoms with E-state index in [9.17, 15) is 0 Å². The Kier molecular flexibility index (Phi) is 4.58. The molecule has 0 amide bonds. The van der Waals surface area contributed by atoms with Gasteiger partial charge in [-0.3, -0.25) is 0 Å². The number of rotatable bonds is 4. The Balaban J connectivity index is 2.10. The van der Waals surface area contributed by atoms with Crippen LogP contribution in [0.25, 0.3) is 0 Å². The van der Waals surface area contributed by atoms with Crippen molar-refractivity contribution in [1.29, 1.82) is 0 Å². The molecule has 0 radical (unpaired) electrons. The fourth-order valence-electron chi connectivity index (χ4n) is 1.35. The van der Waals surface area contributed by atoms with E-state index in [0.29, 0.717) is 6.04 Å². The van der Waals surface area contributed by atoms with Crippen LogP contribution in [0.1, 0.15) is 27.2 Å². The van der Waals surface area contributed by atoms with Crippen molar-refractivity contribution in [2.75, 3.05) is 19.8 Å². The van der Waals surface area contributed by atoms with E-state index in [1.807, 2.05) is 20.8 Å². The summed E-state index contributed by atoms with van der Waals surface area (Å²) in [6.45, 7) is 8.40. The topological polar surface area (TPSA) is 30.5 Å². The smallest absolute Gasteiger partial charge is 0.162 e. The van der Waals surface area contributed by atoms with Crippen molar-refractivity contribution < 1.29 is 9.47 Å². The first-order chi connectivity index (χ1) is 6.64. The van der Waals surface area contributed by atoms with Gasteiger partial charge in [-0.25, -0.2) is 0 Å². The van der Waals surface area contributed by atoms with E-state index in [0.717, 1.165) is 26.2 Å². The second kappa shape index (κ2) is 5.49. The van der Waals surface area contributed by atoms with Gasteiger partial charge in [0.2, 0.25) is 0 Å². The van der Waals surface area contributed by atoms with Crippen molar-refractivity contribution in [3.8, 4) is 0 Å². The highest BCUT2D eigenvalue weighted by Crippen LogP contribution is 2.16. The molecule has 14 heavy (non-hydrogen) atoms.